The van der Waals surface area contributed by atoms with Gasteiger partial charge in [0.25, 0.3) is 0 Å². The fraction of sp³-hybridized carbons (Fsp3) is 0.538. The average molecular weight is 347 g/mol. The van der Waals surface area contributed by atoms with Crippen LogP contribution in [0, 0.1) is 0 Å². The van der Waals surface area contributed by atoms with E-state index >= 15 is 0 Å². The van der Waals surface area contributed by atoms with Crippen LogP contribution in [0.25, 0.3) is 0 Å². The van der Waals surface area contributed by atoms with Crippen molar-refractivity contribution >= 4 is 26.0 Å². The Bertz CT molecular complexity index is 529. The lowest BCUT2D eigenvalue weighted by Gasteiger charge is -2.18. The highest BCUT2D eigenvalue weighted by molar-refractivity contribution is 9.10. The smallest absolute Gasteiger partial charge is 0.215 e. The molecule has 0 atom stereocenters. The quantitative estimate of drug-likeness (QED) is 0.820. The minimum Gasteiger partial charge on any atom is -0.313 e. The number of rotatable bonds is 7. The van der Waals surface area contributed by atoms with Crippen LogP contribution in [0.3, 0.4) is 0 Å². The monoisotopic (exact) mass is 346 g/mol. The second-order valence-electron chi connectivity index (χ2n) is 4.89. The minimum absolute atomic E-state index is 0.157. The molecule has 1 aromatic carbocycles. The first-order chi connectivity index (χ1) is 8.99. The SMILES string of the molecule is CN(Cc1ccccc1Br)S(=O)(=O)CCNC1CC1. The van der Waals surface area contributed by atoms with Gasteiger partial charge in [-0.05, 0) is 24.5 Å². The van der Waals surface area contributed by atoms with Crippen molar-refractivity contribution in [1.82, 2.24) is 9.62 Å². The predicted molar refractivity (Wildman–Crippen MR) is 80.4 cm³/mol. The van der Waals surface area contributed by atoms with Crippen LogP contribution in [0.4, 0.5) is 0 Å². The van der Waals surface area contributed by atoms with Gasteiger partial charge in [-0.2, -0.15) is 0 Å². The molecule has 0 heterocycles. The predicted octanol–water partition coefficient (Wildman–Crippen LogP) is 1.96. The zero-order valence-corrected chi connectivity index (χ0v) is 13.4. The van der Waals surface area contributed by atoms with E-state index in [1.54, 1.807) is 7.05 Å². The van der Waals surface area contributed by atoms with Crippen LogP contribution in [-0.4, -0.2) is 38.1 Å². The molecule has 0 unspecified atom stereocenters. The van der Waals surface area contributed by atoms with Gasteiger partial charge in [-0.15, -0.1) is 0 Å². The van der Waals surface area contributed by atoms with Crippen molar-refractivity contribution in [2.75, 3.05) is 19.3 Å². The van der Waals surface area contributed by atoms with Gasteiger partial charge in [0.15, 0.2) is 0 Å². The van der Waals surface area contributed by atoms with Crippen molar-refractivity contribution in [2.24, 2.45) is 0 Å². The second-order valence-corrected chi connectivity index (χ2v) is 7.94. The van der Waals surface area contributed by atoms with Crippen LogP contribution < -0.4 is 5.32 Å². The summed E-state index contributed by atoms with van der Waals surface area (Å²) < 4.78 is 26.6. The van der Waals surface area contributed by atoms with E-state index in [-0.39, 0.29) is 5.75 Å². The van der Waals surface area contributed by atoms with Gasteiger partial charge in [0.1, 0.15) is 0 Å². The van der Waals surface area contributed by atoms with E-state index in [0.717, 1.165) is 10.0 Å². The van der Waals surface area contributed by atoms with E-state index in [1.165, 1.54) is 17.1 Å². The summed E-state index contributed by atoms with van der Waals surface area (Å²) in [6.07, 6.45) is 2.35. The van der Waals surface area contributed by atoms with Crippen molar-refractivity contribution in [1.29, 1.82) is 0 Å². The molecule has 106 valence electrons. The Morgan fingerprint density at radius 2 is 2.05 bits per heavy atom. The van der Waals surface area contributed by atoms with E-state index in [0.29, 0.717) is 19.1 Å². The van der Waals surface area contributed by atoms with Crippen molar-refractivity contribution in [3.05, 3.63) is 34.3 Å². The number of halogens is 1. The molecule has 0 aliphatic heterocycles. The molecule has 4 nitrogen and oxygen atoms in total. The van der Waals surface area contributed by atoms with Crippen LogP contribution in [0.2, 0.25) is 0 Å². The first kappa shape index (κ1) is 15.0. The molecule has 0 amide bonds. The summed E-state index contributed by atoms with van der Waals surface area (Å²) in [5.41, 5.74) is 0.976. The fourth-order valence-electron chi connectivity index (χ4n) is 1.80. The van der Waals surface area contributed by atoms with Crippen molar-refractivity contribution in [2.45, 2.75) is 25.4 Å². The van der Waals surface area contributed by atoms with Crippen molar-refractivity contribution < 1.29 is 8.42 Å². The lowest BCUT2D eigenvalue weighted by Crippen LogP contribution is -2.34. The molecule has 0 bridgehead atoms. The summed E-state index contributed by atoms with van der Waals surface area (Å²) in [6.45, 7) is 0.931. The normalized spacial score (nSPS) is 15.9. The van der Waals surface area contributed by atoms with E-state index in [4.69, 9.17) is 0 Å². The number of sulfonamides is 1. The number of nitrogens with zero attached hydrogens (tertiary/aromatic N) is 1. The highest BCUT2D eigenvalue weighted by Crippen LogP contribution is 2.19. The standard InChI is InChI=1S/C13H19BrN2O2S/c1-16(10-11-4-2-3-5-13(11)14)19(17,18)9-8-15-12-6-7-12/h2-5,12,15H,6-10H2,1H3. The molecule has 19 heavy (non-hydrogen) atoms. The average Bonchev–Trinajstić information content (AvgIpc) is 3.16. The molecule has 1 N–H and O–H groups in total. The number of benzene rings is 1. The molecule has 0 saturated heterocycles. The molecular weight excluding hydrogens is 328 g/mol. The van der Waals surface area contributed by atoms with E-state index < -0.39 is 10.0 Å². The summed E-state index contributed by atoms with van der Waals surface area (Å²) in [6, 6.07) is 8.23. The van der Waals surface area contributed by atoms with Crippen molar-refractivity contribution in [3.8, 4) is 0 Å². The Balaban J connectivity index is 1.89. The molecule has 1 saturated carbocycles. The van der Waals surface area contributed by atoms with E-state index in [2.05, 4.69) is 21.2 Å². The zero-order valence-electron chi connectivity index (χ0n) is 11.0. The second kappa shape index (κ2) is 6.35. The minimum atomic E-state index is -3.19. The lowest BCUT2D eigenvalue weighted by atomic mass is 10.2. The number of nitrogens with one attached hydrogen (secondary N) is 1. The molecule has 1 aromatic rings. The molecule has 0 radical (unpaired) electrons. The summed E-state index contributed by atoms with van der Waals surface area (Å²) in [5.74, 6) is 0.157. The van der Waals surface area contributed by atoms with Gasteiger partial charge in [-0.25, -0.2) is 12.7 Å². The molecule has 1 aliphatic carbocycles. The Morgan fingerprint density at radius 3 is 2.68 bits per heavy atom. The summed E-state index contributed by atoms with van der Waals surface area (Å²) in [7, 11) is -1.56. The fourth-order valence-corrected chi connectivity index (χ4v) is 3.23. The highest BCUT2D eigenvalue weighted by atomic mass is 79.9. The summed E-state index contributed by atoms with van der Waals surface area (Å²) in [5, 5.41) is 3.23. The number of hydrogen-bond acceptors (Lipinski definition) is 3. The van der Waals surface area contributed by atoms with Gasteiger partial charge >= 0.3 is 0 Å². The Labute approximate surface area is 123 Å². The molecule has 0 aromatic heterocycles. The number of hydrogen-bond donors (Lipinski definition) is 1. The van der Waals surface area contributed by atoms with E-state index in [9.17, 15) is 8.42 Å². The topological polar surface area (TPSA) is 49.4 Å². The maximum absolute atomic E-state index is 12.1. The largest absolute Gasteiger partial charge is 0.313 e. The molecule has 1 fully saturated rings. The van der Waals surface area contributed by atoms with Crippen molar-refractivity contribution in [3.63, 3.8) is 0 Å². The van der Waals surface area contributed by atoms with Crippen LogP contribution in [0.1, 0.15) is 18.4 Å². The van der Waals surface area contributed by atoms with Crippen LogP contribution in [0.15, 0.2) is 28.7 Å². The first-order valence-electron chi connectivity index (χ1n) is 6.40. The molecular formula is C13H19BrN2O2S. The van der Waals surface area contributed by atoms with Gasteiger partial charge in [0.05, 0.1) is 5.75 Å². The third kappa shape index (κ3) is 4.56. The van der Waals surface area contributed by atoms with Crippen LogP contribution >= 0.6 is 15.9 Å². The third-order valence-electron chi connectivity index (χ3n) is 3.20. The summed E-state index contributed by atoms with van der Waals surface area (Å²) >= 11 is 3.44. The molecule has 2 rings (SSSR count). The Morgan fingerprint density at radius 1 is 1.37 bits per heavy atom. The first-order valence-corrected chi connectivity index (χ1v) is 8.80. The molecule has 0 spiro atoms. The Hall–Kier alpha value is -0.430. The third-order valence-corrected chi connectivity index (χ3v) is 5.77. The lowest BCUT2D eigenvalue weighted by molar-refractivity contribution is 0.464. The summed E-state index contributed by atoms with van der Waals surface area (Å²) in [4.78, 5) is 0. The van der Waals surface area contributed by atoms with Crippen LogP contribution in [-0.2, 0) is 16.6 Å². The maximum atomic E-state index is 12.1. The molecule has 6 heteroatoms. The maximum Gasteiger partial charge on any atom is 0.215 e. The van der Waals surface area contributed by atoms with Gasteiger partial charge in [0.2, 0.25) is 10.0 Å². The van der Waals surface area contributed by atoms with Gasteiger partial charge in [-0.1, -0.05) is 34.1 Å². The van der Waals surface area contributed by atoms with Gasteiger partial charge in [-0.3, -0.25) is 0 Å². The highest BCUT2D eigenvalue weighted by Gasteiger charge is 2.23. The van der Waals surface area contributed by atoms with E-state index in [1.807, 2.05) is 24.3 Å². The van der Waals surface area contributed by atoms with Gasteiger partial charge < -0.3 is 5.32 Å². The van der Waals surface area contributed by atoms with Gasteiger partial charge in [0, 0.05) is 30.7 Å². The molecule has 1 aliphatic rings. The zero-order chi connectivity index (χ0) is 13.9. The Kier molecular flexibility index (Phi) is 5.00. The van der Waals surface area contributed by atoms with Crippen LogP contribution in [0.5, 0.6) is 0 Å².